The molecule has 3 aromatic rings. The Hall–Kier alpha value is -4.07. The summed E-state index contributed by atoms with van der Waals surface area (Å²) >= 11 is 0. The Bertz CT molecular complexity index is 1760. The number of rotatable bonds is 6. The molecular weight excluding hydrogens is 558 g/mol. The van der Waals surface area contributed by atoms with Crippen molar-refractivity contribution >= 4 is 43.4 Å². The van der Waals surface area contributed by atoms with Gasteiger partial charge < -0.3 is 9.80 Å². The maximum atomic E-state index is 13.5. The predicted octanol–water partition coefficient (Wildman–Crippen LogP) is 0.476. The molecule has 1 N–H and O–H groups in total. The number of piperazine rings is 1. The molecule has 0 atom stereocenters. The molecule has 0 bridgehead atoms. The van der Waals surface area contributed by atoms with E-state index in [1.165, 1.54) is 26.2 Å². The Morgan fingerprint density at radius 1 is 1.05 bits per heavy atom. The summed E-state index contributed by atoms with van der Waals surface area (Å²) in [6.45, 7) is 3.27. The fraction of sp³-hybridized carbons (Fsp3) is 0.375. The molecule has 16 heteroatoms. The zero-order valence-electron chi connectivity index (χ0n) is 22.1. The number of hydrogen-bond donors (Lipinski definition) is 1. The monoisotopic (exact) mass is 585 g/mol. The van der Waals surface area contributed by atoms with E-state index in [0.29, 0.717) is 48.9 Å². The average Bonchev–Trinajstić information content (AvgIpc) is 3.49. The molecule has 2 aliphatic heterocycles. The van der Waals surface area contributed by atoms with Crippen LogP contribution in [-0.2, 0) is 33.5 Å². The van der Waals surface area contributed by atoms with E-state index in [1.54, 1.807) is 32.2 Å². The molecule has 1 amide bonds. The zero-order chi connectivity index (χ0) is 28.8. The van der Waals surface area contributed by atoms with Crippen LogP contribution >= 0.6 is 0 Å². The summed E-state index contributed by atoms with van der Waals surface area (Å²) in [6.07, 6.45) is 2.86. The number of carbonyl (C=O) groups is 1. The minimum atomic E-state index is -3.80. The summed E-state index contributed by atoms with van der Waals surface area (Å²) in [4.78, 5) is 25.5. The molecule has 0 aliphatic carbocycles. The first-order valence-corrected chi connectivity index (χ1v) is 15.7. The summed E-state index contributed by atoms with van der Waals surface area (Å²) in [5.74, 6) is -0.108. The molecular formula is C24H27N9O5S2. The van der Waals surface area contributed by atoms with Gasteiger partial charge in [-0.1, -0.05) is 0 Å². The highest BCUT2D eigenvalue weighted by molar-refractivity contribution is 7.92. The number of hydrogen-bond acceptors (Lipinski definition) is 10. The van der Waals surface area contributed by atoms with Crippen molar-refractivity contribution in [2.24, 2.45) is 7.05 Å². The van der Waals surface area contributed by atoms with Crippen LogP contribution in [0.3, 0.4) is 0 Å². The molecule has 14 nitrogen and oxygen atoms in total. The maximum absolute atomic E-state index is 13.5. The van der Waals surface area contributed by atoms with Crippen LogP contribution in [0.15, 0.2) is 35.4 Å². The van der Waals surface area contributed by atoms with Crippen LogP contribution in [0.4, 0.5) is 17.5 Å². The largest absolute Gasteiger partial charge is 0.338 e. The minimum Gasteiger partial charge on any atom is -0.338 e. The number of carbonyl (C=O) groups excluding carboxylic acids is 1. The topological polar surface area (TPSA) is 174 Å². The predicted molar refractivity (Wildman–Crippen MR) is 146 cm³/mol. The molecule has 2 aromatic heterocycles. The smallest absolute Gasteiger partial charge is 0.263 e. The van der Waals surface area contributed by atoms with Crippen molar-refractivity contribution in [3.8, 4) is 6.07 Å². The normalized spacial score (nSPS) is 16.1. The highest BCUT2D eigenvalue weighted by Gasteiger charge is 2.33. The number of sulfonamides is 2. The van der Waals surface area contributed by atoms with Crippen LogP contribution < -0.4 is 14.5 Å². The summed E-state index contributed by atoms with van der Waals surface area (Å²) in [7, 11) is -5.88. The van der Waals surface area contributed by atoms with Gasteiger partial charge in [0.1, 0.15) is 17.3 Å². The Kier molecular flexibility index (Phi) is 6.98. The molecule has 1 saturated heterocycles. The van der Waals surface area contributed by atoms with Crippen LogP contribution in [0.5, 0.6) is 0 Å². The van der Waals surface area contributed by atoms with Crippen molar-refractivity contribution in [3.05, 3.63) is 53.0 Å². The second-order valence-electron chi connectivity index (χ2n) is 9.63. The van der Waals surface area contributed by atoms with Crippen molar-refractivity contribution in [1.82, 2.24) is 24.1 Å². The molecule has 0 radical (unpaired) electrons. The molecule has 0 spiro atoms. The molecule has 1 aromatic carbocycles. The molecule has 2 aliphatic rings. The number of fused-ring (bicyclic) bond motifs is 1. The summed E-state index contributed by atoms with van der Waals surface area (Å²) in [6, 6.07) is 8.28. The van der Waals surface area contributed by atoms with Crippen LogP contribution in [0.25, 0.3) is 0 Å². The van der Waals surface area contributed by atoms with Gasteiger partial charge in [-0.2, -0.15) is 14.7 Å². The number of nitrogens with zero attached hydrogens (tertiary/aromatic N) is 8. The summed E-state index contributed by atoms with van der Waals surface area (Å²) in [5.41, 5.74) is 2.28. The first-order chi connectivity index (χ1) is 18.9. The lowest BCUT2D eigenvalue weighted by Gasteiger charge is -2.34. The van der Waals surface area contributed by atoms with E-state index in [4.69, 9.17) is 0 Å². The fourth-order valence-corrected chi connectivity index (χ4v) is 6.80. The van der Waals surface area contributed by atoms with Crippen molar-refractivity contribution < 1.29 is 21.6 Å². The number of benzene rings is 1. The lowest BCUT2D eigenvalue weighted by atomic mass is 10.2. The second-order valence-corrected chi connectivity index (χ2v) is 13.3. The minimum absolute atomic E-state index is 0.0679. The highest BCUT2D eigenvalue weighted by atomic mass is 32.2. The number of aromatic nitrogens is 4. The van der Waals surface area contributed by atoms with Crippen molar-refractivity contribution in [2.75, 3.05) is 53.5 Å². The quantitative estimate of drug-likeness (QED) is 0.428. The molecule has 1 fully saturated rings. The van der Waals surface area contributed by atoms with Crippen molar-refractivity contribution in [3.63, 3.8) is 0 Å². The van der Waals surface area contributed by atoms with E-state index in [-0.39, 0.29) is 35.1 Å². The van der Waals surface area contributed by atoms with Crippen LogP contribution in [-0.4, -0.2) is 85.8 Å². The first-order valence-electron chi connectivity index (χ1n) is 12.3. The molecule has 0 saturated carbocycles. The van der Waals surface area contributed by atoms with Crippen LogP contribution in [0.2, 0.25) is 0 Å². The number of amides is 1. The van der Waals surface area contributed by atoms with Crippen LogP contribution in [0.1, 0.15) is 27.3 Å². The third-order valence-corrected chi connectivity index (χ3v) is 9.11. The molecule has 0 unspecified atom stereocenters. The van der Waals surface area contributed by atoms with E-state index >= 15 is 0 Å². The third kappa shape index (κ3) is 5.35. The Morgan fingerprint density at radius 2 is 1.77 bits per heavy atom. The summed E-state index contributed by atoms with van der Waals surface area (Å²) < 4.78 is 55.4. The lowest BCUT2D eigenvalue weighted by Crippen LogP contribution is -2.49. The van der Waals surface area contributed by atoms with E-state index in [0.717, 1.165) is 6.26 Å². The third-order valence-electron chi connectivity index (χ3n) is 6.65. The fourth-order valence-electron chi connectivity index (χ4n) is 4.82. The first kappa shape index (κ1) is 27.5. The average molecular weight is 586 g/mol. The maximum Gasteiger partial charge on any atom is 0.263 e. The van der Waals surface area contributed by atoms with Gasteiger partial charge in [-0.3, -0.25) is 14.2 Å². The van der Waals surface area contributed by atoms with E-state index in [1.807, 2.05) is 11.0 Å². The van der Waals surface area contributed by atoms with E-state index in [2.05, 4.69) is 19.8 Å². The molecule has 4 heterocycles. The summed E-state index contributed by atoms with van der Waals surface area (Å²) in [5, 5.41) is 13.2. The number of aryl methyl sites for hydroxylation is 2. The second kappa shape index (κ2) is 10.2. The van der Waals surface area contributed by atoms with Gasteiger partial charge in [-0.15, -0.1) is 0 Å². The van der Waals surface area contributed by atoms with Crippen molar-refractivity contribution in [1.29, 1.82) is 5.26 Å². The Labute approximate surface area is 231 Å². The Balaban J connectivity index is 1.32. The van der Waals surface area contributed by atoms with Gasteiger partial charge in [0.15, 0.2) is 5.82 Å². The molecule has 5 rings (SSSR count). The highest BCUT2D eigenvalue weighted by Crippen LogP contribution is 2.33. The lowest BCUT2D eigenvalue weighted by molar-refractivity contribution is 0.0990. The number of anilines is 3. The van der Waals surface area contributed by atoms with Gasteiger partial charge in [0, 0.05) is 57.3 Å². The van der Waals surface area contributed by atoms with Crippen molar-refractivity contribution in [2.45, 2.75) is 18.2 Å². The molecule has 210 valence electrons. The SMILES string of the molecule is Cc1cc(C#N)nc(N2CCN(S(=O)(=O)c3ccc4c(c3)CCN4C(=O)c3cn(C)nc3NS(C)(=O)=O)CC2)n1. The molecule has 40 heavy (non-hydrogen) atoms. The van der Waals surface area contributed by atoms with Gasteiger partial charge in [0.25, 0.3) is 5.91 Å². The van der Waals surface area contributed by atoms with Gasteiger partial charge in [-0.25, -0.2) is 26.8 Å². The van der Waals surface area contributed by atoms with Gasteiger partial charge >= 0.3 is 0 Å². The standard InChI is InChI=1S/C24H27N9O5S2/c1-16-12-18(14-25)27-24(26-16)31-8-10-32(11-9-31)40(37,38)19-4-5-21-17(13-19)6-7-33(21)23(34)20-15-30(2)28-22(20)29-39(3,35)36/h4-5,12-13,15H,6-11H2,1-3H3,(H,28,29). The number of nitriles is 1. The zero-order valence-corrected chi connectivity index (χ0v) is 23.7. The van der Waals surface area contributed by atoms with E-state index in [9.17, 15) is 26.9 Å². The number of nitrogens with one attached hydrogen (secondary N) is 1. The van der Waals surface area contributed by atoms with Gasteiger partial charge in [0.05, 0.1) is 11.2 Å². The van der Waals surface area contributed by atoms with E-state index < -0.39 is 26.0 Å². The van der Waals surface area contributed by atoms with Crippen LogP contribution in [0, 0.1) is 18.3 Å². The van der Waals surface area contributed by atoms with Gasteiger partial charge in [-0.05, 0) is 43.2 Å². The Morgan fingerprint density at radius 3 is 2.45 bits per heavy atom. The van der Waals surface area contributed by atoms with Gasteiger partial charge in [0.2, 0.25) is 26.0 Å².